The monoisotopic (exact) mass is 392 g/mol. The van der Waals surface area contributed by atoms with Gasteiger partial charge in [0, 0.05) is 5.92 Å². The maximum absolute atomic E-state index is 7.29. The SMILES string of the molecule is CC(C)CCCC(C)C1C[C@@H]2C3CCCCC34C=C(c3ccccc3)C2C1(C)O4. The summed E-state index contributed by atoms with van der Waals surface area (Å²) in [6, 6.07) is 11.3. The van der Waals surface area contributed by atoms with Crippen LogP contribution in [0, 0.1) is 35.5 Å². The molecule has 6 unspecified atom stereocenters. The predicted molar refractivity (Wildman–Crippen MR) is 122 cm³/mol. The Labute approximate surface area is 178 Å². The van der Waals surface area contributed by atoms with Crippen molar-refractivity contribution in [2.75, 3.05) is 0 Å². The highest BCUT2D eigenvalue weighted by molar-refractivity contribution is 5.73. The van der Waals surface area contributed by atoms with E-state index >= 15 is 0 Å². The minimum absolute atomic E-state index is 0.0179. The van der Waals surface area contributed by atoms with Crippen LogP contribution in [0.25, 0.3) is 5.57 Å². The van der Waals surface area contributed by atoms with E-state index in [9.17, 15) is 0 Å². The van der Waals surface area contributed by atoms with Crippen LogP contribution in [0.3, 0.4) is 0 Å². The number of hydrogen-bond acceptors (Lipinski definition) is 1. The van der Waals surface area contributed by atoms with Gasteiger partial charge in [-0.25, -0.2) is 0 Å². The van der Waals surface area contributed by atoms with Crippen LogP contribution in [-0.2, 0) is 4.74 Å². The summed E-state index contributed by atoms with van der Waals surface area (Å²) in [6.45, 7) is 9.75. The summed E-state index contributed by atoms with van der Waals surface area (Å²) in [5.41, 5.74) is 3.12. The second kappa shape index (κ2) is 7.26. The molecule has 2 aliphatic heterocycles. The third-order valence-electron chi connectivity index (χ3n) is 9.16. The van der Waals surface area contributed by atoms with Crippen LogP contribution >= 0.6 is 0 Å². The van der Waals surface area contributed by atoms with Crippen LogP contribution in [0.2, 0.25) is 0 Å². The summed E-state index contributed by atoms with van der Waals surface area (Å²) in [6.07, 6.45) is 13.5. The third-order valence-corrected chi connectivity index (χ3v) is 9.16. The quantitative estimate of drug-likeness (QED) is 0.486. The van der Waals surface area contributed by atoms with Crippen molar-refractivity contribution in [1.29, 1.82) is 0 Å². The van der Waals surface area contributed by atoms with Gasteiger partial charge in [-0.05, 0) is 73.0 Å². The average molecular weight is 393 g/mol. The van der Waals surface area contributed by atoms with Crippen molar-refractivity contribution in [3.8, 4) is 0 Å². The van der Waals surface area contributed by atoms with E-state index in [0.29, 0.717) is 11.8 Å². The fourth-order valence-electron chi connectivity index (χ4n) is 8.00. The molecule has 0 aromatic heterocycles. The molecule has 1 saturated heterocycles. The van der Waals surface area contributed by atoms with Crippen molar-refractivity contribution in [2.45, 2.75) is 90.3 Å². The summed E-state index contributed by atoms with van der Waals surface area (Å²) in [5, 5.41) is 0. The first kappa shape index (κ1) is 19.9. The first-order chi connectivity index (χ1) is 13.9. The Morgan fingerprint density at radius 2 is 1.86 bits per heavy atom. The fourth-order valence-corrected chi connectivity index (χ4v) is 8.00. The summed E-state index contributed by atoms with van der Waals surface area (Å²) in [7, 11) is 0. The molecular formula is C28H40O. The lowest BCUT2D eigenvalue weighted by Gasteiger charge is -2.61. The van der Waals surface area contributed by atoms with Crippen molar-refractivity contribution in [2.24, 2.45) is 35.5 Å². The topological polar surface area (TPSA) is 9.23 Å². The molecule has 0 amide bonds. The van der Waals surface area contributed by atoms with Crippen LogP contribution in [0.15, 0.2) is 36.4 Å². The van der Waals surface area contributed by atoms with Gasteiger partial charge in [0.2, 0.25) is 0 Å². The van der Waals surface area contributed by atoms with Crippen LogP contribution < -0.4 is 0 Å². The molecule has 2 heterocycles. The van der Waals surface area contributed by atoms with Gasteiger partial charge in [-0.15, -0.1) is 0 Å². The molecule has 7 atom stereocenters. The van der Waals surface area contributed by atoms with E-state index in [-0.39, 0.29) is 11.2 Å². The van der Waals surface area contributed by atoms with Gasteiger partial charge in [0.1, 0.15) is 0 Å². The Hall–Kier alpha value is -1.08. The molecule has 5 aliphatic rings. The van der Waals surface area contributed by atoms with Gasteiger partial charge in [0.15, 0.2) is 0 Å². The van der Waals surface area contributed by atoms with Gasteiger partial charge in [-0.3, -0.25) is 0 Å². The summed E-state index contributed by atoms with van der Waals surface area (Å²) in [5.74, 6) is 4.47. The van der Waals surface area contributed by atoms with Crippen molar-refractivity contribution < 1.29 is 4.74 Å². The number of benzene rings is 1. The summed E-state index contributed by atoms with van der Waals surface area (Å²) < 4.78 is 7.29. The van der Waals surface area contributed by atoms with Gasteiger partial charge in [0.05, 0.1) is 11.2 Å². The molecule has 158 valence electrons. The first-order valence-electron chi connectivity index (χ1n) is 12.4. The molecule has 6 rings (SSSR count). The molecule has 1 heteroatoms. The van der Waals surface area contributed by atoms with Gasteiger partial charge in [-0.2, -0.15) is 0 Å². The molecule has 1 aromatic carbocycles. The Bertz CT molecular complexity index is 764. The molecule has 0 radical (unpaired) electrons. The molecule has 0 N–H and O–H groups in total. The molecule has 2 saturated carbocycles. The molecule has 4 bridgehead atoms. The van der Waals surface area contributed by atoms with Crippen molar-refractivity contribution in [1.82, 2.24) is 0 Å². The Balaban J connectivity index is 1.50. The minimum atomic E-state index is 0.0179. The highest BCUT2D eigenvalue weighted by atomic mass is 16.5. The van der Waals surface area contributed by atoms with E-state index in [4.69, 9.17) is 4.74 Å². The first-order valence-corrected chi connectivity index (χ1v) is 12.4. The molecule has 3 fully saturated rings. The average Bonchev–Trinajstić information content (AvgIpc) is 2.96. The Morgan fingerprint density at radius 3 is 2.62 bits per heavy atom. The lowest BCUT2D eigenvalue weighted by molar-refractivity contribution is -0.234. The van der Waals surface area contributed by atoms with Gasteiger partial charge >= 0.3 is 0 Å². The van der Waals surface area contributed by atoms with Crippen LogP contribution in [0.5, 0.6) is 0 Å². The van der Waals surface area contributed by atoms with E-state index in [2.05, 4.69) is 64.1 Å². The second-order valence-corrected chi connectivity index (χ2v) is 11.3. The van der Waals surface area contributed by atoms with Crippen LogP contribution in [0.1, 0.15) is 84.6 Å². The van der Waals surface area contributed by atoms with E-state index < -0.39 is 0 Å². The van der Waals surface area contributed by atoms with Crippen molar-refractivity contribution in [3.63, 3.8) is 0 Å². The summed E-state index contributed by atoms with van der Waals surface area (Å²) >= 11 is 0. The Kier molecular flexibility index (Phi) is 4.97. The standard InChI is InChI=1S/C28H40O/c1-19(2)11-10-12-20(3)25-17-22-24-15-8-9-16-28(24)18-23(21-13-6-5-7-14-21)26(22)27(25,4)29-28/h5-7,13-14,18-20,22,24-26H,8-12,15-17H2,1-4H3/t20?,22-,24?,25?,26?,27?,28?/m1/s1. The minimum Gasteiger partial charge on any atom is -0.363 e. The Morgan fingerprint density at radius 1 is 1.07 bits per heavy atom. The lowest BCUT2D eigenvalue weighted by atomic mass is 9.55. The maximum atomic E-state index is 7.29. The van der Waals surface area contributed by atoms with E-state index in [1.807, 2.05) is 0 Å². The molecule has 1 aromatic rings. The van der Waals surface area contributed by atoms with Gasteiger partial charge in [-0.1, -0.05) is 83.2 Å². The largest absolute Gasteiger partial charge is 0.363 e. The molecule has 1 spiro atoms. The predicted octanol–water partition coefficient (Wildman–Crippen LogP) is 7.52. The maximum Gasteiger partial charge on any atom is 0.0907 e. The smallest absolute Gasteiger partial charge is 0.0907 e. The second-order valence-electron chi connectivity index (χ2n) is 11.3. The van der Waals surface area contributed by atoms with E-state index in [1.54, 1.807) is 5.57 Å². The van der Waals surface area contributed by atoms with Crippen LogP contribution in [-0.4, -0.2) is 11.2 Å². The normalized spacial score (nSPS) is 41.3. The number of rotatable bonds is 6. The molecule has 1 nitrogen and oxygen atoms in total. The number of ether oxygens (including phenoxy) is 1. The zero-order chi connectivity index (χ0) is 20.2. The van der Waals surface area contributed by atoms with Gasteiger partial charge < -0.3 is 4.74 Å². The van der Waals surface area contributed by atoms with Crippen LogP contribution in [0.4, 0.5) is 0 Å². The zero-order valence-corrected chi connectivity index (χ0v) is 19.0. The van der Waals surface area contributed by atoms with E-state index in [0.717, 1.165) is 23.7 Å². The third kappa shape index (κ3) is 3.06. The molecular weight excluding hydrogens is 352 g/mol. The van der Waals surface area contributed by atoms with Gasteiger partial charge in [0.25, 0.3) is 0 Å². The van der Waals surface area contributed by atoms with Crippen molar-refractivity contribution in [3.05, 3.63) is 42.0 Å². The fraction of sp³-hybridized carbons (Fsp3) is 0.714. The van der Waals surface area contributed by atoms with Crippen molar-refractivity contribution >= 4 is 5.57 Å². The molecule has 3 aliphatic carbocycles. The zero-order valence-electron chi connectivity index (χ0n) is 19.0. The molecule has 29 heavy (non-hydrogen) atoms. The van der Waals surface area contributed by atoms with E-state index in [1.165, 1.54) is 56.9 Å². The highest BCUT2D eigenvalue weighted by Crippen LogP contribution is 2.69. The lowest BCUT2D eigenvalue weighted by Crippen LogP contribution is -2.62. The summed E-state index contributed by atoms with van der Waals surface area (Å²) in [4.78, 5) is 0. The number of hydrogen-bond donors (Lipinski definition) is 0. The highest BCUT2D eigenvalue weighted by Gasteiger charge is 2.69.